The van der Waals surface area contributed by atoms with Crippen LogP contribution in [0.2, 0.25) is 0 Å². The first-order valence-corrected chi connectivity index (χ1v) is 6.82. The van der Waals surface area contributed by atoms with Crippen LogP contribution in [0.4, 0.5) is 10.1 Å². The molecule has 1 aromatic heterocycles. The molecule has 0 unspecified atom stereocenters. The van der Waals surface area contributed by atoms with Crippen LogP contribution in [-0.4, -0.2) is 26.0 Å². The molecule has 0 saturated heterocycles. The molecule has 2 rings (SSSR count). The molecule has 1 aromatic carbocycles. The number of rotatable bonds is 6. The summed E-state index contributed by atoms with van der Waals surface area (Å²) in [5.41, 5.74) is -1.25. The number of halogens is 1. The summed E-state index contributed by atoms with van der Waals surface area (Å²) in [6.07, 6.45) is 2.96. The van der Waals surface area contributed by atoms with Crippen LogP contribution >= 0.6 is 0 Å². The molecule has 7 nitrogen and oxygen atoms in total. The van der Waals surface area contributed by atoms with Crippen molar-refractivity contribution in [3.05, 3.63) is 39.6 Å². The van der Waals surface area contributed by atoms with Gasteiger partial charge in [0.25, 0.3) is 5.69 Å². The predicted molar refractivity (Wildman–Crippen MR) is 76.3 cm³/mol. The van der Waals surface area contributed by atoms with E-state index in [0.29, 0.717) is 6.42 Å². The molecule has 0 fully saturated rings. The molecule has 116 valence electrons. The van der Waals surface area contributed by atoms with Crippen molar-refractivity contribution < 1.29 is 19.2 Å². The van der Waals surface area contributed by atoms with Gasteiger partial charge < -0.3 is 5.11 Å². The van der Waals surface area contributed by atoms with Crippen molar-refractivity contribution in [3.63, 3.8) is 0 Å². The van der Waals surface area contributed by atoms with Crippen LogP contribution in [0, 0.1) is 15.9 Å². The van der Waals surface area contributed by atoms with Crippen LogP contribution in [-0.2, 0) is 6.42 Å². The van der Waals surface area contributed by atoms with Crippen LogP contribution in [0.1, 0.15) is 42.5 Å². The molecular weight excluding hydrogens is 293 g/mol. The Bertz CT molecular complexity index is 748. The minimum Gasteiger partial charge on any atom is -0.476 e. The van der Waals surface area contributed by atoms with Gasteiger partial charge in [-0.1, -0.05) is 19.8 Å². The van der Waals surface area contributed by atoms with Gasteiger partial charge in [0.2, 0.25) is 0 Å². The highest BCUT2D eigenvalue weighted by Crippen LogP contribution is 2.28. The van der Waals surface area contributed by atoms with Crippen LogP contribution in [0.25, 0.3) is 10.9 Å². The average Bonchev–Trinajstić information content (AvgIpc) is 2.46. The van der Waals surface area contributed by atoms with Crippen molar-refractivity contribution in [1.29, 1.82) is 0 Å². The molecule has 0 atom stereocenters. The van der Waals surface area contributed by atoms with Gasteiger partial charge in [-0.15, -0.1) is 0 Å². The molecule has 22 heavy (non-hydrogen) atoms. The quantitative estimate of drug-likeness (QED) is 0.499. The molecule has 0 amide bonds. The Hall–Kier alpha value is -2.64. The summed E-state index contributed by atoms with van der Waals surface area (Å²) >= 11 is 0. The Balaban J connectivity index is 2.69. The monoisotopic (exact) mass is 307 g/mol. The van der Waals surface area contributed by atoms with Gasteiger partial charge in [-0.25, -0.2) is 19.2 Å². The molecule has 0 spiro atoms. The van der Waals surface area contributed by atoms with Gasteiger partial charge in [-0.05, 0) is 12.5 Å². The van der Waals surface area contributed by atoms with Gasteiger partial charge >= 0.3 is 5.97 Å². The highest BCUT2D eigenvalue weighted by atomic mass is 19.1. The first kappa shape index (κ1) is 15.7. The fourth-order valence-electron chi connectivity index (χ4n) is 2.18. The minimum atomic E-state index is -1.44. The number of carboxylic acids is 1. The second-order valence-corrected chi connectivity index (χ2v) is 4.80. The maximum atomic E-state index is 13.9. The first-order chi connectivity index (χ1) is 10.5. The lowest BCUT2D eigenvalue weighted by Crippen LogP contribution is -2.09. The fourth-order valence-corrected chi connectivity index (χ4v) is 2.18. The van der Waals surface area contributed by atoms with Gasteiger partial charge in [-0.3, -0.25) is 10.1 Å². The lowest BCUT2D eigenvalue weighted by Gasteiger charge is -2.07. The summed E-state index contributed by atoms with van der Waals surface area (Å²) in [4.78, 5) is 29.5. The largest absolute Gasteiger partial charge is 0.476 e. The van der Waals surface area contributed by atoms with Crippen molar-refractivity contribution in [1.82, 2.24) is 9.97 Å². The van der Waals surface area contributed by atoms with E-state index in [4.69, 9.17) is 0 Å². The molecule has 1 N–H and O–H groups in total. The van der Waals surface area contributed by atoms with E-state index in [-0.39, 0.29) is 11.3 Å². The number of non-ortho nitro benzene ring substituents is 1. The van der Waals surface area contributed by atoms with Gasteiger partial charge in [0, 0.05) is 12.5 Å². The standard InChI is InChI=1S/C14H14FN3O4/c1-2-3-4-5-10-16-12-9(18(21)22)7-6-8(15)11(12)13(17-10)14(19)20/h6-7H,2-5H2,1H3,(H,19,20). The molecule has 0 aliphatic rings. The van der Waals surface area contributed by atoms with Crippen LogP contribution in [0.3, 0.4) is 0 Å². The molecule has 2 aromatic rings. The molecule has 8 heteroatoms. The lowest BCUT2D eigenvalue weighted by molar-refractivity contribution is -0.383. The normalized spacial score (nSPS) is 10.8. The molecule has 0 radical (unpaired) electrons. The number of unbranched alkanes of at least 4 members (excludes halogenated alkanes) is 2. The number of benzene rings is 1. The Kier molecular flexibility index (Phi) is 4.59. The van der Waals surface area contributed by atoms with Crippen molar-refractivity contribution >= 4 is 22.6 Å². The minimum absolute atomic E-state index is 0.173. The zero-order valence-electron chi connectivity index (χ0n) is 11.9. The molecule has 0 aliphatic heterocycles. The predicted octanol–water partition coefficient (Wildman–Crippen LogP) is 3.11. The van der Waals surface area contributed by atoms with Gasteiger partial charge in [-0.2, -0.15) is 0 Å². The van der Waals surface area contributed by atoms with Crippen molar-refractivity contribution in [2.45, 2.75) is 32.6 Å². The van der Waals surface area contributed by atoms with Crippen LogP contribution < -0.4 is 0 Å². The highest BCUT2D eigenvalue weighted by Gasteiger charge is 2.23. The molecular formula is C14H14FN3O4. The molecule has 0 aliphatic carbocycles. The fraction of sp³-hybridized carbons (Fsp3) is 0.357. The van der Waals surface area contributed by atoms with E-state index in [1.807, 2.05) is 6.92 Å². The Labute approximate surface area is 125 Å². The number of hydrogen-bond acceptors (Lipinski definition) is 5. The number of carboxylic acid groups (broad SMARTS) is 1. The SMILES string of the molecule is CCCCCc1nc(C(=O)O)c2c(F)ccc([N+](=O)[O-])c2n1. The first-order valence-electron chi connectivity index (χ1n) is 6.82. The van der Waals surface area contributed by atoms with Crippen LogP contribution in [0.5, 0.6) is 0 Å². The van der Waals surface area contributed by atoms with Gasteiger partial charge in [0.15, 0.2) is 11.2 Å². The summed E-state index contributed by atoms with van der Waals surface area (Å²) in [5.74, 6) is -2.16. The van der Waals surface area contributed by atoms with Gasteiger partial charge in [0.05, 0.1) is 10.3 Å². The number of aryl methyl sites for hydroxylation is 1. The third-order valence-electron chi connectivity index (χ3n) is 3.23. The summed E-state index contributed by atoms with van der Waals surface area (Å²) in [6.45, 7) is 2.00. The Morgan fingerprint density at radius 1 is 1.36 bits per heavy atom. The van der Waals surface area contributed by atoms with Crippen molar-refractivity contribution in [2.75, 3.05) is 0 Å². The number of aromatic carboxylic acids is 1. The number of fused-ring (bicyclic) bond motifs is 1. The number of carbonyl (C=O) groups is 1. The van der Waals surface area contributed by atoms with Crippen LogP contribution in [0.15, 0.2) is 12.1 Å². The number of nitro groups is 1. The number of nitro benzene ring substituents is 1. The van der Waals surface area contributed by atoms with E-state index in [9.17, 15) is 24.4 Å². The summed E-state index contributed by atoms with van der Waals surface area (Å²) in [7, 11) is 0. The lowest BCUT2D eigenvalue weighted by atomic mass is 10.1. The van der Waals surface area contributed by atoms with E-state index in [2.05, 4.69) is 9.97 Å². The average molecular weight is 307 g/mol. The second kappa shape index (κ2) is 6.42. The highest BCUT2D eigenvalue weighted by molar-refractivity contribution is 6.03. The molecule has 1 heterocycles. The zero-order chi connectivity index (χ0) is 16.3. The zero-order valence-corrected chi connectivity index (χ0v) is 11.9. The van der Waals surface area contributed by atoms with Gasteiger partial charge in [0.1, 0.15) is 11.6 Å². The van der Waals surface area contributed by atoms with E-state index >= 15 is 0 Å². The topological polar surface area (TPSA) is 106 Å². The molecule has 0 saturated carbocycles. The number of hydrogen-bond donors (Lipinski definition) is 1. The third-order valence-corrected chi connectivity index (χ3v) is 3.23. The Morgan fingerprint density at radius 2 is 2.09 bits per heavy atom. The van der Waals surface area contributed by atoms with Crippen molar-refractivity contribution in [3.8, 4) is 0 Å². The molecule has 0 bridgehead atoms. The van der Waals surface area contributed by atoms with Crippen molar-refractivity contribution in [2.24, 2.45) is 0 Å². The number of nitrogens with zero attached hydrogens (tertiary/aromatic N) is 3. The summed E-state index contributed by atoms with van der Waals surface area (Å²) in [6, 6.07) is 1.83. The maximum Gasteiger partial charge on any atom is 0.355 e. The van der Waals surface area contributed by atoms with E-state index in [0.717, 1.165) is 31.4 Å². The maximum absolute atomic E-state index is 13.9. The summed E-state index contributed by atoms with van der Waals surface area (Å²) in [5, 5.41) is 19.8. The second-order valence-electron chi connectivity index (χ2n) is 4.80. The Morgan fingerprint density at radius 3 is 2.68 bits per heavy atom. The number of aromatic nitrogens is 2. The smallest absolute Gasteiger partial charge is 0.355 e. The van der Waals surface area contributed by atoms with E-state index in [1.165, 1.54) is 0 Å². The third kappa shape index (κ3) is 3.00. The van der Waals surface area contributed by atoms with E-state index in [1.54, 1.807) is 0 Å². The summed E-state index contributed by atoms with van der Waals surface area (Å²) < 4.78 is 13.9. The van der Waals surface area contributed by atoms with E-state index < -0.39 is 33.5 Å².